The number of fused-ring (bicyclic) bond motifs is 1. The maximum atomic E-state index is 12.3. The standard InChI is InChI=1S/C22H21NO6/c1-13-4-8-18(14(2)10-13)23-22(26)15(3)28-21(25)12-27-17-7-5-16-6-9-20(24)29-19(16)11-17/h4-11,15H,12H2,1-3H3,(H,23,26). The Morgan fingerprint density at radius 1 is 1.07 bits per heavy atom. The van der Waals surface area contributed by atoms with Crippen LogP contribution in [0.5, 0.6) is 5.75 Å². The highest BCUT2D eigenvalue weighted by atomic mass is 16.6. The van der Waals surface area contributed by atoms with Gasteiger partial charge in [0.25, 0.3) is 5.91 Å². The largest absolute Gasteiger partial charge is 0.482 e. The number of hydrogen-bond donors (Lipinski definition) is 1. The third-order valence-corrected chi connectivity index (χ3v) is 4.27. The Morgan fingerprint density at radius 3 is 2.59 bits per heavy atom. The van der Waals surface area contributed by atoms with E-state index in [0.717, 1.165) is 16.5 Å². The van der Waals surface area contributed by atoms with Crippen molar-refractivity contribution in [1.29, 1.82) is 0 Å². The van der Waals surface area contributed by atoms with Crippen LogP contribution in [0.4, 0.5) is 5.69 Å². The van der Waals surface area contributed by atoms with Crippen molar-refractivity contribution in [2.75, 3.05) is 11.9 Å². The van der Waals surface area contributed by atoms with E-state index in [2.05, 4.69) is 5.32 Å². The third kappa shape index (κ3) is 5.22. The summed E-state index contributed by atoms with van der Waals surface area (Å²) in [6.07, 6.45) is -0.985. The van der Waals surface area contributed by atoms with Gasteiger partial charge < -0.3 is 19.2 Å². The van der Waals surface area contributed by atoms with Gasteiger partial charge in [0.05, 0.1) is 0 Å². The van der Waals surface area contributed by atoms with Crippen LogP contribution in [0.1, 0.15) is 18.1 Å². The second-order valence-corrected chi connectivity index (χ2v) is 6.68. The van der Waals surface area contributed by atoms with E-state index in [1.807, 2.05) is 26.0 Å². The predicted octanol–water partition coefficient (Wildman–Crippen LogP) is 3.36. The Kier molecular flexibility index (Phi) is 5.97. The number of amides is 1. The second kappa shape index (κ2) is 8.60. The Hall–Kier alpha value is -3.61. The van der Waals surface area contributed by atoms with Gasteiger partial charge in [-0.1, -0.05) is 17.7 Å². The van der Waals surface area contributed by atoms with Crippen molar-refractivity contribution in [1.82, 2.24) is 0 Å². The summed E-state index contributed by atoms with van der Waals surface area (Å²) < 4.78 is 15.6. The molecule has 3 rings (SSSR count). The summed E-state index contributed by atoms with van der Waals surface area (Å²) in [7, 11) is 0. The van der Waals surface area contributed by atoms with E-state index in [4.69, 9.17) is 13.9 Å². The topological polar surface area (TPSA) is 94.8 Å². The van der Waals surface area contributed by atoms with Crippen molar-refractivity contribution in [3.63, 3.8) is 0 Å². The van der Waals surface area contributed by atoms with Gasteiger partial charge in [0.1, 0.15) is 11.3 Å². The fraction of sp³-hybridized carbons (Fsp3) is 0.227. The molecule has 1 heterocycles. The highest BCUT2D eigenvalue weighted by Gasteiger charge is 2.19. The van der Waals surface area contributed by atoms with Gasteiger partial charge in [-0.15, -0.1) is 0 Å². The lowest BCUT2D eigenvalue weighted by molar-refractivity contribution is -0.155. The smallest absolute Gasteiger partial charge is 0.344 e. The minimum Gasteiger partial charge on any atom is -0.482 e. The molecule has 0 aliphatic heterocycles. The molecule has 0 fully saturated rings. The first-order valence-electron chi connectivity index (χ1n) is 9.06. The molecule has 1 amide bonds. The summed E-state index contributed by atoms with van der Waals surface area (Å²) in [5.41, 5.74) is 2.55. The first kappa shape index (κ1) is 20.1. The van der Waals surface area contributed by atoms with Gasteiger partial charge in [0.15, 0.2) is 12.7 Å². The zero-order valence-corrected chi connectivity index (χ0v) is 16.4. The van der Waals surface area contributed by atoms with Crippen molar-refractivity contribution in [2.24, 2.45) is 0 Å². The van der Waals surface area contributed by atoms with Gasteiger partial charge in [-0.2, -0.15) is 0 Å². The lowest BCUT2D eigenvalue weighted by Crippen LogP contribution is -2.31. The van der Waals surface area contributed by atoms with Crippen LogP contribution < -0.4 is 15.7 Å². The molecular formula is C22H21NO6. The van der Waals surface area contributed by atoms with Crippen molar-refractivity contribution in [2.45, 2.75) is 26.9 Å². The molecule has 29 heavy (non-hydrogen) atoms. The summed E-state index contributed by atoms with van der Waals surface area (Å²) in [6.45, 7) is 4.95. The lowest BCUT2D eigenvalue weighted by atomic mass is 10.1. The van der Waals surface area contributed by atoms with Crippen LogP contribution in [0.3, 0.4) is 0 Å². The maximum absolute atomic E-state index is 12.3. The molecule has 7 nitrogen and oxygen atoms in total. The number of ether oxygens (including phenoxy) is 2. The van der Waals surface area contributed by atoms with Crippen LogP contribution in [0.2, 0.25) is 0 Å². The van der Waals surface area contributed by atoms with Crippen molar-refractivity contribution in [3.05, 3.63) is 70.1 Å². The molecule has 150 valence electrons. The highest BCUT2D eigenvalue weighted by molar-refractivity contribution is 5.95. The number of anilines is 1. The van der Waals surface area contributed by atoms with Crippen LogP contribution in [-0.2, 0) is 14.3 Å². The molecule has 2 aromatic carbocycles. The van der Waals surface area contributed by atoms with Crippen LogP contribution in [0.15, 0.2) is 57.7 Å². The molecule has 1 atom stereocenters. The number of carbonyl (C=O) groups is 2. The van der Waals surface area contributed by atoms with Crippen LogP contribution >= 0.6 is 0 Å². The SMILES string of the molecule is Cc1ccc(NC(=O)C(C)OC(=O)COc2ccc3ccc(=O)oc3c2)c(C)c1. The number of rotatable bonds is 6. The summed E-state index contributed by atoms with van der Waals surface area (Å²) in [5.74, 6) is -0.781. The van der Waals surface area contributed by atoms with E-state index in [9.17, 15) is 14.4 Å². The van der Waals surface area contributed by atoms with E-state index in [-0.39, 0.29) is 6.61 Å². The number of nitrogens with one attached hydrogen (secondary N) is 1. The molecule has 1 aromatic heterocycles. The van der Waals surface area contributed by atoms with Crippen molar-refractivity contribution in [3.8, 4) is 5.75 Å². The molecule has 0 saturated carbocycles. The fourth-order valence-electron chi connectivity index (χ4n) is 2.75. The number of esters is 1. The van der Waals surface area contributed by atoms with Crippen LogP contribution in [0, 0.1) is 13.8 Å². The van der Waals surface area contributed by atoms with Crippen LogP contribution in [-0.4, -0.2) is 24.6 Å². The Bertz CT molecular complexity index is 1120. The number of benzene rings is 2. The van der Waals surface area contributed by atoms with Gasteiger partial charge in [0.2, 0.25) is 0 Å². The number of hydrogen-bond acceptors (Lipinski definition) is 6. The normalized spacial score (nSPS) is 11.7. The zero-order chi connectivity index (χ0) is 21.0. The quantitative estimate of drug-likeness (QED) is 0.508. The van der Waals surface area contributed by atoms with Crippen molar-refractivity contribution < 1.29 is 23.5 Å². The summed E-state index contributed by atoms with van der Waals surface area (Å²) in [4.78, 5) is 35.6. The summed E-state index contributed by atoms with van der Waals surface area (Å²) in [6, 6.07) is 13.5. The minimum atomic E-state index is -0.985. The molecule has 1 unspecified atom stereocenters. The molecule has 0 aliphatic carbocycles. The molecular weight excluding hydrogens is 374 g/mol. The Morgan fingerprint density at radius 2 is 1.83 bits per heavy atom. The molecule has 7 heteroatoms. The van der Waals surface area contributed by atoms with E-state index in [1.165, 1.54) is 19.1 Å². The second-order valence-electron chi connectivity index (χ2n) is 6.68. The fourth-order valence-corrected chi connectivity index (χ4v) is 2.75. The van der Waals surface area contributed by atoms with Gasteiger partial charge in [0, 0.05) is 23.2 Å². The van der Waals surface area contributed by atoms with E-state index >= 15 is 0 Å². The third-order valence-electron chi connectivity index (χ3n) is 4.27. The number of aryl methyl sites for hydroxylation is 2. The highest BCUT2D eigenvalue weighted by Crippen LogP contribution is 2.20. The first-order valence-corrected chi connectivity index (χ1v) is 9.06. The van der Waals surface area contributed by atoms with E-state index in [1.54, 1.807) is 24.3 Å². The van der Waals surface area contributed by atoms with E-state index < -0.39 is 23.6 Å². The van der Waals surface area contributed by atoms with Crippen molar-refractivity contribution >= 4 is 28.5 Å². The zero-order valence-electron chi connectivity index (χ0n) is 16.4. The molecule has 3 aromatic rings. The lowest BCUT2D eigenvalue weighted by Gasteiger charge is -2.15. The molecule has 0 radical (unpaired) electrons. The number of carbonyl (C=O) groups excluding carboxylic acids is 2. The molecule has 0 spiro atoms. The maximum Gasteiger partial charge on any atom is 0.344 e. The van der Waals surface area contributed by atoms with Crippen LogP contribution in [0.25, 0.3) is 11.0 Å². The molecule has 1 N–H and O–H groups in total. The Balaban J connectivity index is 1.54. The molecule has 0 bridgehead atoms. The van der Waals surface area contributed by atoms with Gasteiger partial charge >= 0.3 is 11.6 Å². The summed E-state index contributed by atoms with van der Waals surface area (Å²) >= 11 is 0. The van der Waals surface area contributed by atoms with Gasteiger partial charge in [-0.05, 0) is 50.6 Å². The van der Waals surface area contributed by atoms with E-state index in [0.29, 0.717) is 17.0 Å². The molecule has 0 saturated heterocycles. The minimum absolute atomic E-state index is 0.344. The summed E-state index contributed by atoms with van der Waals surface area (Å²) in [5, 5.41) is 3.48. The van der Waals surface area contributed by atoms with Gasteiger partial charge in [-0.3, -0.25) is 4.79 Å². The molecule has 0 aliphatic rings. The average molecular weight is 395 g/mol. The van der Waals surface area contributed by atoms with Gasteiger partial charge in [-0.25, -0.2) is 9.59 Å². The predicted molar refractivity (Wildman–Crippen MR) is 108 cm³/mol. The monoisotopic (exact) mass is 395 g/mol. The Labute approximate surface area is 167 Å². The average Bonchev–Trinajstić information content (AvgIpc) is 2.68. The first-order chi connectivity index (χ1) is 13.8.